The van der Waals surface area contributed by atoms with Gasteiger partial charge in [0, 0.05) is 9.26 Å². The van der Waals surface area contributed by atoms with E-state index in [2.05, 4.69) is 27.9 Å². The summed E-state index contributed by atoms with van der Waals surface area (Å²) in [5, 5.41) is 2.77. The molecule has 0 aliphatic heterocycles. The minimum atomic E-state index is -3.91. The molecule has 3 aromatic rings. The zero-order valence-electron chi connectivity index (χ0n) is 16.1. The number of hydrogen-bond donors (Lipinski definition) is 1. The van der Waals surface area contributed by atoms with Crippen molar-refractivity contribution in [3.8, 4) is 0 Å². The van der Waals surface area contributed by atoms with Crippen molar-refractivity contribution >= 4 is 49.9 Å². The van der Waals surface area contributed by atoms with E-state index >= 15 is 0 Å². The van der Waals surface area contributed by atoms with Crippen LogP contribution in [0.15, 0.2) is 77.7 Å². The van der Waals surface area contributed by atoms with Crippen molar-refractivity contribution in [2.45, 2.75) is 18.7 Å². The van der Waals surface area contributed by atoms with Crippen LogP contribution in [-0.4, -0.2) is 20.9 Å². The zero-order valence-corrected chi connectivity index (χ0v) is 19.1. The number of amides is 1. The standard InChI is InChI=1S/C22H21IN2O3S/c1-16-3-11-20(12-4-16)25(29(27,28)21-13-5-17(2)6-14-21)15-22(26)24-19-9-7-18(23)8-10-19/h3-14H,15H2,1-2H3,(H,24,26). The number of hydrogen-bond acceptors (Lipinski definition) is 3. The number of carbonyl (C=O) groups excluding carboxylic acids is 1. The number of anilines is 2. The first-order valence-electron chi connectivity index (χ1n) is 8.97. The van der Waals surface area contributed by atoms with Gasteiger partial charge >= 0.3 is 0 Å². The van der Waals surface area contributed by atoms with Crippen molar-refractivity contribution in [2.75, 3.05) is 16.2 Å². The predicted molar refractivity (Wildman–Crippen MR) is 125 cm³/mol. The molecule has 0 heterocycles. The summed E-state index contributed by atoms with van der Waals surface area (Å²) in [6, 6.07) is 21.0. The molecule has 1 N–H and O–H groups in total. The normalized spacial score (nSPS) is 11.1. The van der Waals surface area contributed by atoms with Gasteiger partial charge in [0.2, 0.25) is 5.91 Å². The van der Waals surface area contributed by atoms with Crippen LogP contribution in [0.4, 0.5) is 11.4 Å². The van der Waals surface area contributed by atoms with Gasteiger partial charge in [-0.2, -0.15) is 0 Å². The third kappa shape index (κ3) is 5.36. The molecule has 150 valence electrons. The quantitative estimate of drug-likeness (QED) is 0.478. The summed E-state index contributed by atoms with van der Waals surface area (Å²) in [7, 11) is -3.91. The maximum Gasteiger partial charge on any atom is 0.264 e. The van der Waals surface area contributed by atoms with Crippen LogP contribution in [0.3, 0.4) is 0 Å². The third-order valence-electron chi connectivity index (χ3n) is 4.35. The van der Waals surface area contributed by atoms with E-state index < -0.39 is 15.9 Å². The summed E-state index contributed by atoms with van der Waals surface area (Å²) in [5.74, 6) is -0.414. The molecule has 0 saturated heterocycles. The van der Waals surface area contributed by atoms with E-state index in [0.717, 1.165) is 19.0 Å². The minimum Gasteiger partial charge on any atom is -0.325 e. The van der Waals surface area contributed by atoms with Crippen LogP contribution in [-0.2, 0) is 14.8 Å². The first-order valence-corrected chi connectivity index (χ1v) is 11.5. The number of benzene rings is 3. The number of halogens is 1. The molecule has 0 spiro atoms. The van der Waals surface area contributed by atoms with Gasteiger partial charge in [-0.1, -0.05) is 35.4 Å². The first kappa shape index (κ1) is 21.3. The molecule has 5 nitrogen and oxygen atoms in total. The summed E-state index contributed by atoms with van der Waals surface area (Å²) < 4.78 is 28.8. The van der Waals surface area contributed by atoms with E-state index in [4.69, 9.17) is 0 Å². The van der Waals surface area contributed by atoms with Crippen LogP contribution in [0, 0.1) is 17.4 Å². The lowest BCUT2D eigenvalue weighted by Crippen LogP contribution is -2.38. The Kier molecular flexibility index (Phi) is 6.59. The highest BCUT2D eigenvalue weighted by molar-refractivity contribution is 14.1. The second-order valence-electron chi connectivity index (χ2n) is 6.72. The largest absolute Gasteiger partial charge is 0.325 e. The molecule has 0 fully saturated rings. The maximum atomic E-state index is 13.3. The van der Waals surface area contributed by atoms with Crippen molar-refractivity contribution in [1.29, 1.82) is 0 Å². The van der Waals surface area contributed by atoms with Crippen molar-refractivity contribution < 1.29 is 13.2 Å². The van der Waals surface area contributed by atoms with Gasteiger partial charge < -0.3 is 5.32 Å². The summed E-state index contributed by atoms with van der Waals surface area (Å²) in [5.41, 5.74) is 3.02. The van der Waals surface area contributed by atoms with Gasteiger partial charge in [0.15, 0.2) is 0 Å². The number of carbonyl (C=O) groups is 1. The molecule has 0 aromatic heterocycles. The molecule has 3 aromatic carbocycles. The summed E-state index contributed by atoms with van der Waals surface area (Å²) in [6.07, 6.45) is 0. The lowest BCUT2D eigenvalue weighted by molar-refractivity contribution is -0.114. The van der Waals surface area contributed by atoms with Gasteiger partial charge in [-0.05, 0) is 85.0 Å². The fraction of sp³-hybridized carbons (Fsp3) is 0.136. The highest BCUT2D eigenvalue weighted by Gasteiger charge is 2.27. The average molecular weight is 520 g/mol. The van der Waals surface area contributed by atoms with Gasteiger partial charge in [-0.15, -0.1) is 0 Å². The molecule has 0 bridgehead atoms. The van der Waals surface area contributed by atoms with Crippen LogP contribution >= 0.6 is 22.6 Å². The minimum absolute atomic E-state index is 0.144. The van der Waals surface area contributed by atoms with E-state index in [1.807, 2.05) is 38.1 Å². The Morgan fingerprint density at radius 1 is 0.862 bits per heavy atom. The molecular weight excluding hydrogens is 499 g/mol. The Labute approximate surface area is 184 Å². The van der Waals surface area contributed by atoms with E-state index in [1.165, 1.54) is 0 Å². The second-order valence-corrected chi connectivity index (χ2v) is 9.82. The highest BCUT2D eigenvalue weighted by atomic mass is 127. The zero-order chi connectivity index (χ0) is 21.0. The predicted octanol–water partition coefficient (Wildman–Crippen LogP) is 4.74. The third-order valence-corrected chi connectivity index (χ3v) is 6.85. The van der Waals surface area contributed by atoms with E-state index in [-0.39, 0.29) is 11.4 Å². The fourth-order valence-corrected chi connectivity index (χ4v) is 4.51. The molecule has 7 heteroatoms. The van der Waals surface area contributed by atoms with Crippen molar-refractivity contribution in [1.82, 2.24) is 0 Å². The number of rotatable bonds is 6. The Morgan fingerprint density at radius 3 is 1.93 bits per heavy atom. The van der Waals surface area contributed by atoms with Crippen molar-refractivity contribution in [2.24, 2.45) is 0 Å². The van der Waals surface area contributed by atoms with Crippen LogP contribution in [0.2, 0.25) is 0 Å². The number of nitrogens with zero attached hydrogens (tertiary/aromatic N) is 1. The van der Waals surface area contributed by atoms with E-state index in [0.29, 0.717) is 11.4 Å². The molecule has 0 unspecified atom stereocenters. The molecule has 0 aliphatic carbocycles. The Balaban J connectivity index is 1.92. The molecule has 29 heavy (non-hydrogen) atoms. The van der Waals surface area contributed by atoms with Crippen LogP contribution in [0.1, 0.15) is 11.1 Å². The molecule has 0 radical (unpaired) electrons. The molecule has 1 amide bonds. The van der Waals surface area contributed by atoms with Crippen molar-refractivity contribution in [3.63, 3.8) is 0 Å². The highest BCUT2D eigenvalue weighted by Crippen LogP contribution is 2.24. The second kappa shape index (κ2) is 8.96. The Morgan fingerprint density at radius 2 is 1.38 bits per heavy atom. The molecule has 0 aliphatic rings. The number of sulfonamides is 1. The summed E-state index contributed by atoms with van der Waals surface area (Å²) in [4.78, 5) is 12.8. The molecule has 3 rings (SSSR count). The molecule has 0 saturated carbocycles. The fourth-order valence-electron chi connectivity index (χ4n) is 2.73. The van der Waals surface area contributed by atoms with Crippen LogP contribution in [0.25, 0.3) is 0 Å². The van der Waals surface area contributed by atoms with E-state index in [1.54, 1.807) is 48.5 Å². The lowest BCUT2D eigenvalue weighted by atomic mass is 10.2. The number of aryl methyl sites for hydroxylation is 2. The Hall–Kier alpha value is -2.39. The topological polar surface area (TPSA) is 66.5 Å². The van der Waals surface area contributed by atoms with Gasteiger partial charge in [-0.25, -0.2) is 8.42 Å². The number of nitrogens with one attached hydrogen (secondary N) is 1. The van der Waals surface area contributed by atoms with Gasteiger partial charge in [0.05, 0.1) is 10.6 Å². The summed E-state index contributed by atoms with van der Waals surface area (Å²) in [6.45, 7) is 3.49. The van der Waals surface area contributed by atoms with E-state index in [9.17, 15) is 13.2 Å². The van der Waals surface area contributed by atoms with Crippen LogP contribution < -0.4 is 9.62 Å². The lowest BCUT2D eigenvalue weighted by Gasteiger charge is -2.24. The van der Waals surface area contributed by atoms with Gasteiger partial charge in [-0.3, -0.25) is 9.10 Å². The Bertz CT molecular complexity index is 1090. The van der Waals surface area contributed by atoms with Crippen molar-refractivity contribution in [3.05, 3.63) is 87.5 Å². The molecular formula is C22H21IN2O3S. The SMILES string of the molecule is Cc1ccc(N(CC(=O)Nc2ccc(I)cc2)S(=O)(=O)c2ccc(C)cc2)cc1. The van der Waals surface area contributed by atoms with Crippen LogP contribution in [0.5, 0.6) is 0 Å². The molecule has 0 atom stereocenters. The average Bonchev–Trinajstić information content (AvgIpc) is 2.69. The smallest absolute Gasteiger partial charge is 0.264 e. The summed E-state index contributed by atoms with van der Waals surface area (Å²) >= 11 is 2.18. The maximum absolute atomic E-state index is 13.3. The first-order chi connectivity index (χ1) is 13.8. The monoisotopic (exact) mass is 520 g/mol. The van der Waals surface area contributed by atoms with Gasteiger partial charge in [0.25, 0.3) is 10.0 Å². The van der Waals surface area contributed by atoms with Gasteiger partial charge in [0.1, 0.15) is 6.54 Å².